The molecule has 0 bridgehead atoms. The van der Waals surface area contributed by atoms with Crippen LogP contribution < -0.4 is 5.32 Å². The predicted molar refractivity (Wildman–Crippen MR) is 73.4 cm³/mol. The molecule has 118 valence electrons. The summed E-state index contributed by atoms with van der Waals surface area (Å²) in [6.45, 7) is 4.16. The van der Waals surface area contributed by atoms with Gasteiger partial charge in [-0.05, 0) is 56.7 Å². The zero-order valence-corrected chi connectivity index (χ0v) is 12.2. The van der Waals surface area contributed by atoms with Gasteiger partial charge in [-0.15, -0.1) is 0 Å². The molecule has 1 aliphatic heterocycles. The lowest BCUT2D eigenvalue weighted by atomic mass is 9.90. The molecule has 0 radical (unpaired) electrons. The van der Waals surface area contributed by atoms with E-state index >= 15 is 0 Å². The third-order valence-electron chi connectivity index (χ3n) is 4.07. The maximum atomic E-state index is 13.2. The summed E-state index contributed by atoms with van der Waals surface area (Å²) in [6.07, 6.45) is -3.70. The lowest BCUT2D eigenvalue weighted by Crippen LogP contribution is -2.30. The number of hydrogen-bond donors (Lipinski definition) is 1. The van der Waals surface area contributed by atoms with Crippen molar-refractivity contribution in [2.45, 2.75) is 25.6 Å². The molecule has 6 heteroatoms. The molecule has 2 nitrogen and oxygen atoms in total. The zero-order chi connectivity index (χ0) is 15.6. The highest BCUT2D eigenvalue weighted by atomic mass is 19.4. The second-order valence-corrected chi connectivity index (χ2v) is 5.51. The van der Waals surface area contributed by atoms with Crippen molar-refractivity contribution in [3.8, 4) is 0 Å². The molecule has 1 heterocycles. The van der Waals surface area contributed by atoms with Gasteiger partial charge >= 0.3 is 6.18 Å². The Labute approximate surface area is 122 Å². The van der Waals surface area contributed by atoms with Gasteiger partial charge in [0.15, 0.2) is 0 Å². The molecule has 0 amide bonds. The van der Waals surface area contributed by atoms with Gasteiger partial charge in [0, 0.05) is 6.04 Å². The summed E-state index contributed by atoms with van der Waals surface area (Å²) >= 11 is 0. The summed E-state index contributed by atoms with van der Waals surface area (Å²) in [5, 5.41) is 3.20. The van der Waals surface area contributed by atoms with E-state index in [9.17, 15) is 17.6 Å². The van der Waals surface area contributed by atoms with Crippen molar-refractivity contribution in [2.24, 2.45) is 5.92 Å². The van der Waals surface area contributed by atoms with Crippen molar-refractivity contribution in [3.05, 3.63) is 35.1 Å². The van der Waals surface area contributed by atoms with E-state index in [1.54, 1.807) is 0 Å². The van der Waals surface area contributed by atoms with Crippen LogP contribution in [0.3, 0.4) is 0 Å². The molecule has 1 N–H and O–H groups in total. The van der Waals surface area contributed by atoms with E-state index in [0.717, 1.165) is 25.6 Å². The van der Waals surface area contributed by atoms with Gasteiger partial charge in [-0.1, -0.05) is 13.0 Å². The molecule has 1 saturated heterocycles. The Hall–Kier alpha value is -1.14. The van der Waals surface area contributed by atoms with Gasteiger partial charge in [-0.25, -0.2) is 4.39 Å². The van der Waals surface area contributed by atoms with Gasteiger partial charge in [0.25, 0.3) is 0 Å². The lowest BCUT2D eigenvalue weighted by Gasteiger charge is -2.28. The van der Waals surface area contributed by atoms with Crippen LogP contribution in [0.2, 0.25) is 0 Å². The Kier molecular flexibility index (Phi) is 4.88. The molecular weight excluding hydrogens is 284 g/mol. The summed E-state index contributed by atoms with van der Waals surface area (Å²) in [6, 6.07) is 2.66. The van der Waals surface area contributed by atoms with Crippen LogP contribution in [0.1, 0.15) is 30.5 Å². The van der Waals surface area contributed by atoms with Gasteiger partial charge in [0.05, 0.1) is 5.56 Å². The van der Waals surface area contributed by atoms with Gasteiger partial charge in [0.2, 0.25) is 0 Å². The zero-order valence-electron chi connectivity index (χ0n) is 12.2. The van der Waals surface area contributed by atoms with Crippen LogP contribution in [0.25, 0.3) is 0 Å². The monoisotopic (exact) mass is 304 g/mol. The first-order chi connectivity index (χ1) is 9.84. The lowest BCUT2D eigenvalue weighted by molar-refractivity contribution is -0.139. The Balaban J connectivity index is 2.39. The minimum absolute atomic E-state index is 0.0986. The highest BCUT2D eigenvalue weighted by Gasteiger charge is 2.40. The fraction of sp³-hybridized carbons (Fsp3) is 0.600. The maximum absolute atomic E-state index is 13.2. The number of halogens is 4. The van der Waals surface area contributed by atoms with Crippen LogP contribution in [0.15, 0.2) is 18.2 Å². The SMILES string of the molecule is CCNCC1CCN(C)C1c1ccc(F)cc1C(F)(F)F. The average molecular weight is 304 g/mol. The molecule has 2 atom stereocenters. The second-order valence-electron chi connectivity index (χ2n) is 5.51. The van der Waals surface area contributed by atoms with E-state index in [0.29, 0.717) is 12.6 Å². The van der Waals surface area contributed by atoms with Crippen molar-refractivity contribution in [1.29, 1.82) is 0 Å². The van der Waals surface area contributed by atoms with Crippen LogP contribution >= 0.6 is 0 Å². The topological polar surface area (TPSA) is 15.3 Å². The number of benzene rings is 1. The number of alkyl halides is 3. The third kappa shape index (κ3) is 3.55. The molecule has 1 aliphatic rings. The molecule has 1 aromatic carbocycles. The van der Waals surface area contributed by atoms with Gasteiger partial charge < -0.3 is 5.32 Å². The van der Waals surface area contributed by atoms with Gasteiger partial charge in [0.1, 0.15) is 5.82 Å². The first kappa shape index (κ1) is 16.2. The molecule has 0 saturated carbocycles. The smallest absolute Gasteiger partial charge is 0.317 e. The van der Waals surface area contributed by atoms with Crippen molar-refractivity contribution in [2.75, 3.05) is 26.7 Å². The van der Waals surface area contributed by atoms with Crippen molar-refractivity contribution < 1.29 is 17.6 Å². The van der Waals surface area contributed by atoms with E-state index in [1.165, 1.54) is 6.07 Å². The number of nitrogens with zero attached hydrogens (tertiary/aromatic N) is 1. The molecule has 1 aromatic rings. The summed E-state index contributed by atoms with van der Waals surface area (Å²) in [7, 11) is 1.82. The van der Waals surface area contributed by atoms with Crippen LogP contribution in [-0.2, 0) is 6.18 Å². The quantitative estimate of drug-likeness (QED) is 0.857. The maximum Gasteiger partial charge on any atom is 0.416 e. The number of nitrogens with one attached hydrogen (secondary N) is 1. The van der Waals surface area contributed by atoms with E-state index in [1.807, 2.05) is 18.9 Å². The number of rotatable bonds is 4. The van der Waals surface area contributed by atoms with Crippen molar-refractivity contribution >= 4 is 0 Å². The Morgan fingerprint density at radius 1 is 1.33 bits per heavy atom. The van der Waals surface area contributed by atoms with Crippen molar-refractivity contribution in [3.63, 3.8) is 0 Å². The molecule has 21 heavy (non-hydrogen) atoms. The fourth-order valence-corrected chi connectivity index (χ4v) is 3.09. The molecular formula is C15H20F4N2. The number of hydrogen-bond acceptors (Lipinski definition) is 2. The Morgan fingerprint density at radius 3 is 2.67 bits per heavy atom. The fourth-order valence-electron chi connectivity index (χ4n) is 3.09. The molecule has 0 aromatic heterocycles. The molecule has 0 aliphatic carbocycles. The van der Waals surface area contributed by atoms with Crippen LogP contribution in [0.4, 0.5) is 17.6 Å². The second kappa shape index (κ2) is 6.32. The molecule has 2 rings (SSSR count). The predicted octanol–water partition coefficient (Wildman–Crippen LogP) is 3.45. The molecule has 2 unspecified atom stereocenters. The largest absolute Gasteiger partial charge is 0.416 e. The van der Waals surface area contributed by atoms with E-state index in [2.05, 4.69) is 5.32 Å². The highest BCUT2D eigenvalue weighted by molar-refractivity contribution is 5.34. The first-order valence-corrected chi connectivity index (χ1v) is 7.12. The van der Waals surface area contributed by atoms with Crippen LogP contribution in [0, 0.1) is 11.7 Å². The minimum Gasteiger partial charge on any atom is -0.317 e. The van der Waals surface area contributed by atoms with Gasteiger partial charge in [-0.3, -0.25) is 4.90 Å². The van der Waals surface area contributed by atoms with Crippen LogP contribution in [0.5, 0.6) is 0 Å². The standard InChI is InChI=1S/C15H20F4N2/c1-3-20-9-10-6-7-21(2)14(10)12-5-4-11(16)8-13(12)15(17,18)19/h4-5,8,10,14,20H,3,6-7,9H2,1-2H3. The van der Waals surface area contributed by atoms with E-state index in [4.69, 9.17) is 0 Å². The average Bonchev–Trinajstić information content (AvgIpc) is 2.76. The van der Waals surface area contributed by atoms with Gasteiger partial charge in [-0.2, -0.15) is 13.2 Å². The van der Waals surface area contributed by atoms with Crippen molar-refractivity contribution in [1.82, 2.24) is 10.2 Å². The van der Waals surface area contributed by atoms with Crippen LogP contribution in [-0.4, -0.2) is 31.6 Å². The summed E-state index contributed by atoms with van der Waals surface area (Å²) in [5.74, 6) is -0.753. The summed E-state index contributed by atoms with van der Waals surface area (Å²) < 4.78 is 52.8. The number of likely N-dealkylation sites (tertiary alicyclic amines) is 1. The summed E-state index contributed by atoms with van der Waals surface area (Å²) in [4.78, 5) is 1.92. The van der Waals surface area contributed by atoms with E-state index < -0.39 is 17.6 Å². The van der Waals surface area contributed by atoms with E-state index in [-0.39, 0.29) is 17.5 Å². The third-order valence-corrected chi connectivity index (χ3v) is 4.07. The molecule has 0 spiro atoms. The highest BCUT2D eigenvalue weighted by Crippen LogP contribution is 2.42. The minimum atomic E-state index is -4.54. The Morgan fingerprint density at radius 2 is 2.05 bits per heavy atom. The summed E-state index contributed by atoms with van der Waals surface area (Å²) in [5.41, 5.74) is -0.686. The Bertz CT molecular complexity index is 487. The molecule has 1 fully saturated rings. The normalized spacial score (nSPS) is 23.7. The first-order valence-electron chi connectivity index (χ1n) is 7.12.